The summed E-state index contributed by atoms with van der Waals surface area (Å²) in [4.78, 5) is 40.8. The van der Waals surface area contributed by atoms with E-state index in [0.29, 0.717) is 16.9 Å². The molecule has 1 aliphatic rings. The zero-order valence-electron chi connectivity index (χ0n) is 20.9. The molecule has 1 N–H and O–H groups in total. The number of carboxylic acids is 1. The molecule has 1 aliphatic heterocycles. The van der Waals surface area contributed by atoms with Crippen LogP contribution in [0.25, 0.3) is 0 Å². The van der Waals surface area contributed by atoms with Gasteiger partial charge in [-0.3, -0.25) is 9.59 Å². The number of halogens is 1. The number of hydrogen-bond acceptors (Lipinski definition) is 5. The first-order valence-electron chi connectivity index (χ1n) is 11.5. The first-order valence-corrected chi connectivity index (χ1v) is 11.5. The Morgan fingerprint density at radius 3 is 2.37 bits per heavy atom. The molecular weight excluding hydrogens is 453 g/mol. The van der Waals surface area contributed by atoms with Crippen molar-refractivity contribution in [3.8, 4) is 5.75 Å². The second-order valence-corrected chi connectivity index (χ2v) is 9.92. The summed E-state index contributed by atoms with van der Waals surface area (Å²) >= 11 is 0. The van der Waals surface area contributed by atoms with Gasteiger partial charge >= 0.3 is 12.1 Å². The van der Waals surface area contributed by atoms with Gasteiger partial charge in [0.25, 0.3) is 0 Å². The molecule has 8 heteroatoms. The molecule has 0 unspecified atom stereocenters. The monoisotopic (exact) mass is 485 g/mol. The molecule has 0 aromatic heterocycles. The van der Waals surface area contributed by atoms with E-state index in [1.807, 2.05) is 0 Å². The number of carbonyl (C=O) groups excluding carboxylic acids is 2. The molecule has 35 heavy (non-hydrogen) atoms. The van der Waals surface area contributed by atoms with Gasteiger partial charge < -0.3 is 19.5 Å². The number of carboxylic acid groups (broad SMARTS) is 1. The summed E-state index contributed by atoms with van der Waals surface area (Å²) in [5, 5.41) is 10.2. The zero-order chi connectivity index (χ0) is 26.1. The highest BCUT2D eigenvalue weighted by molar-refractivity contribution is 6.00. The maximum absolute atomic E-state index is 14.6. The third-order valence-electron chi connectivity index (χ3n) is 6.50. The topological polar surface area (TPSA) is 93.1 Å². The molecule has 7 nitrogen and oxygen atoms in total. The van der Waals surface area contributed by atoms with Crippen molar-refractivity contribution in [2.24, 2.45) is 11.8 Å². The number of hydrogen-bond donors (Lipinski definition) is 1. The molecule has 1 amide bonds. The van der Waals surface area contributed by atoms with Gasteiger partial charge in [-0.05, 0) is 63.9 Å². The van der Waals surface area contributed by atoms with E-state index >= 15 is 0 Å². The van der Waals surface area contributed by atoms with Crippen molar-refractivity contribution in [1.29, 1.82) is 0 Å². The van der Waals surface area contributed by atoms with E-state index in [9.17, 15) is 23.9 Å². The number of likely N-dealkylation sites (tertiary alicyclic amines) is 1. The van der Waals surface area contributed by atoms with Gasteiger partial charge in [-0.15, -0.1) is 0 Å². The third kappa shape index (κ3) is 5.47. The summed E-state index contributed by atoms with van der Waals surface area (Å²) in [6, 6.07) is 10.3. The summed E-state index contributed by atoms with van der Waals surface area (Å²) < 4.78 is 25.4. The van der Waals surface area contributed by atoms with Crippen molar-refractivity contribution in [2.45, 2.75) is 52.2 Å². The number of nitrogens with zero attached hydrogens (tertiary/aromatic N) is 1. The molecule has 0 saturated carbocycles. The minimum Gasteiger partial charge on any atom is -0.497 e. The Kier molecular flexibility index (Phi) is 7.53. The van der Waals surface area contributed by atoms with Gasteiger partial charge in [0.15, 0.2) is 5.78 Å². The summed E-state index contributed by atoms with van der Waals surface area (Å²) in [7, 11) is 1.48. The Labute approximate surface area is 204 Å². The summed E-state index contributed by atoms with van der Waals surface area (Å²) in [6.07, 6.45) is -0.700. The number of ketones is 1. The molecule has 4 atom stereocenters. The lowest BCUT2D eigenvalue weighted by Gasteiger charge is -2.46. The van der Waals surface area contributed by atoms with Crippen LogP contribution in [0.5, 0.6) is 5.75 Å². The lowest BCUT2D eigenvalue weighted by molar-refractivity contribution is -0.145. The molecule has 2 aromatic carbocycles. The van der Waals surface area contributed by atoms with Gasteiger partial charge in [0.05, 0.1) is 18.9 Å². The van der Waals surface area contributed by atoms with E-state index in [4.69, 9.17) is 9.47 Å². The Bertz CT molecular complexity index is 1120. The van der Waals surface area contributed by atoms with Crippen LogP contribution in [0, 0.1) is 24.6 Å². The minimum absolute atomic E-state index is 0.173. The Balaban J connectivity index is 2.18. The Morgan fingerprint density at radius 1 is 1.11 bits per heavy atom. The predicted octanol–water partition coefficient (Wildman–Crippen LogP) is 5.07. The number of methoxy groups -OCH3 is 1. The lowest BCUT2D eigenvalue weighted by atomic mass is 9.67. The van der Waals surface area contributed by atoms with E-state index in [0.717, 1.165) is 0 Å². The van der Waals surface area contributed by atoms with Gasteiger partial charge in [0.1, 0.15) is 17.2 Å². The standard InChI is InChI=1S/C27H32FNO6/c1-15-19(11-8-12-21(15)28)23-20(25(31)32)14-29(26(33)35-27(3,4)5)16(2)22(23)24(30)17-9-7-10-18(13-17)34-6/h7-13,16,20,22-23H,14H2,1-6H3,(H,31,32)/t16-,20+,22-,23-/m1/s1. The number of amides is 1. The SMILES string of the molecule is COc1cccc(C(=O)[C@H]2[C@H](c3cccc(F)c3C)[C@@H](C(=O)O)CN(C(=O)OC(C)(C)C)[C@@H]2C)c1. The van der Waals surface area contributed by atoms with Crippen LogP contribution in [0.2, 0.25) is 0 Å². The van der Waals surface area contributed by atoms with E-state index < -0.39 is 47.3 Å². The first kappa shape index (κ1) is 26.2. The largest absolute Gasteiger partial charge is 0.497 e. The molecule has 1 saturated heterocycles. The molecular formula is C27H32FNO6. The van der Waals surface area contributed by atoms with Gasteiger partial charge in [-0.25, -0.2) is 9.18 Å². The molecule has 1 fully saturated rings. The summed E-state index contributed by atoms with van der Waals surface area (Å²) in [5.74, 6) is -4.54. The highest BCUT2D eigenvalue weighted by atomic mass is 19.1. The Hall–Kier alpha value is -3.42. The fourth-order valence-corrected chi connectivity index (χ4v) is 4.78. The van der Waals surface area contributed by atoms with Crippen LogP contribution < -0.4 is 4.74 Å². The van der Waals surface area contributed by atoms with Crippen molar-refractivity contribution >= 4 is 17.8 Å². The van der Waals surface area contributed by atoms with Gasteiger partial charge in [-0.2, -0.15) is 0 Å². The fraction of sp³-hybridized carbons (Fsp3) is 0.444. The van der Waals surface area contributed by atoms with Crippen LogP contribution in [-0.2, 0) is 9.53 Å². The molecule has 0 radical (unpaired) electrons. The van der Waals surface area contributed by atoms with Crippen LogP contribution >= 0.6 is 0 Å². The number of Topliss-reactive ketones (excluding diaryl/α,β-unsaturated/α-hetero) is 1. The van der Waals surface area contributed by atoms with Crippen LogP contribution in [0.3, 0.4) is 0 Å². The van der Waals surface area contributed by atoms with Crippen LogP contribution in [0.4, 0.5) is 9.18 Å². The fourth-order valence-electron chi connectivity index (χ4n) is 4.78. The average Bonchev–Trinajstić information content (AvgIpc) is 2.78. The zero-order valence-corrected chi connectivity index (χ0v) is 20.9. The number of aliphatic carboxylic acids is 1. The van der Waals surface area contributed by atoms with Crippen molar-refractivity contribution in [1.82, 2.24) is 4.90 Å². The number of carbonyl (C=O) groups is 3. The lowest BCUT2D eigenvalue weighted by Crippen LogP contribution is -2.58. The van der Waals surface area contributed by atoms with Crippen LogP contribution in [-0.4, -0.2) is 53.1 Å². The highest BCUT2D eigenvalue weighted by Crippen LogP contribution is 2.44. The molecule has 1 heterocycles. The quantitative estimate of drug-likeness (QED) is 0.595. The second kappa shape index (κ2) is 10.1. The highest BCUT2D eigenvalue weighted by Gasteiger charge is 2.51. The van der Waals surface area contributed by atoms with Crippen molar-refractivity contribution in [3.05, 3.63) is 65.0 Å². The smallest absolute Gasteiger partial charge is 0.410 e. The predicted molar refractivity (Wildman–Crippen MR) is 128 cm³/mol. The van der Waals surface area contributed by atoms with E-state index in [-0.39, 0.29) is 17.9 Å². The normalized spacial score (nSPS) is 22.4. The van der Waals surface area contributed by atoms with E-state index in [1.54, 1.807) is 65.0 Å². The van der Waals surface area contributed by atoms with Crippen molar-refractivity contribution < 1.29 is 33.4 Å². The van der Waals surface area contributed by atoms with E-state index in [2.05, 4.69) is 0 Å². The maximum Gasteiger partial charge on any atom is 0.410 e. The molecule has 188 valence electrons. The summed E-state index contributed by atoms with van der Waals surface area (Å²) in [6.45, 7) is 8.24. The number of piperidine rings is 1. The molecule has 3 rings (SSSR count). The number of ether oxygens (including phenoxy) is 2. The van der Waals surface area contributed by atoms with Gasteiger partial charge in [0.2, 0.25) is 0 Å². The van der Waals surface area contributed by atoms with Gasteiger partial charge in [-0.1, -0.05) is 24.3 Å². The molecule has 0 spiro atoms. The second-order valence-electron chi connectivity index (χ2n) is 9.92. The van der Waals surface area contributed by atoms with Crippen LogP contribution in [0.15, 0.2) is 42.5 Å². The summed E-state index contributed by atoms with van der Waals surface area (Å²) in [5.41, 5.74) is 0.229. The average molecular weight is 486 g/mol. The van der Waals surface area contributed by atoms with Gasteiger partial charge in [0, 0.05) is 24.1 Å². The van der Waals surface area contributed by atoms with Crippen LogP contribution in [0.1, 0.15) is 55.1 Å². The van der Waals surface area contributed by atoms with E-state index in [1.165, 1.54) is 24.1 Å². The number of benzene rings is 2. The first-order chi connectivity index (χ1) is 16.4. The van der Waals surface area contributed by atoms with Crippen molar-refractivity contribution in [3.63, 3.8) is 0 Å². The molecule has 0 aliphatic carbocycles. The molecule has 0 bridgehead atoms. The van der Waals surface area contributed by atoms with Crippen molar-refractivity contribution in [2.75, 3.05) is 13.7 Å². The minimum atomic E-state index is -1.18. The molecule has 2 aromatic rings. The third-order valence-corrected chi connectivity index (χ3v) is 6.50. The maximum atomic E-state index is 14.6. The number of rotatable bonds is 5. The Morgan fingerprint density at radius 2 is 1.77 bits per heavy atom.